The molecule has 0 spiro atoms. The maximum atomic E-state index is 11.9. The van der Waals surface area contributed by atoms with Gasteiger partial charge in [-0.2, -0.15) is 0 Å². The van der Waals surface area contributed by atoms with Crippen LogP contribution in [0, 0.1) is 16.0 Å². The maximum absolute atomic E-state index is 11.9. The average Bonchev–Trinajstić information content (AvgIpc) is 2.46. The zero-order chi connectivity index (χ0) is 14.5. The lowest BCUT2D eigenvalue weighted by Gasteiger charge is -2.26. The van der Waals surface area contributed by atoms with Crippen LogP contribution in [0.5, 0.6) is 0 Å². The molecule has 2 atom stereocenters. The Hall–Kier alpha value is -2.37. The molecular weight excluding hydrogens is 260 g/mol. The Balaban J connectivity index is 1.93. The number of nitrogens with zero attached hydrogens (tertiary/aromatic N) is 2. The molecule has 0 bridgehead atoms. The van der Waals surface area contributed by atoms with E-state index < -0.39 is 12.1 Å². The first-order valence-corrected chi connectivity index (χ1v) is 6.37. The predicted octanol–water partition coefficient (Wildman–Crippen LogP) is 2.43. The van der Waals surface area contributed by atoms with Crippen molar-refractivity contribution in [3.63, 3.8) is 0 Å². The molecule has 1 heterocycles. The molecule has 20 heavy (non-hydrogen) atoms. The molecule has 1 aliphatic heterocycles. The lowest BCUT2D eigenvalue weighted by Crippen LogP contribution is -2.43. The fourth-order valence-corrected chi connectivity index (χ4v) is 1.99. The molecule has 1 aromatic rings. The van der Waals surface area contributed by atoms with Gasteiger partial charge in [0, 0.05) is 17.0 Å². The Morgan fingerprint density at radius 2 is 2.15 bits per heavy atom. The van der Waals surface area contributed by atoms with Crippen LogP contribution in [-0.4, -0.2) is 28.5 Å². The molecule has 1 amide bonds. The first-order chi connectivity index (χ1) is 9.58. The number of rotatable bonds is 3. The number of hydrogen-bond donors (Lipinski definition) is 0. The molecule has 0 saturated heterocycles. The molecule has 0 aromatic heterocycles. The highest BCUT2D eigenvalue weighted by Gasteiger charge is 2.33. The van der Waals surface area contributed by atoms with Gasteiger partial charge in [0.1, 0.15) is 6.61 Å². The highest BCUT2D eigenvalue weighted by Crippen LogP contribution is 2.17. The van der Waals surface area contributed by atoms with Gasteiger partial charge in [0.2, 0.25) is 6.04 Å². The molecule has 1 aliphatic rings. The van der Waals surface area contributed by atoms with Crippen molar-refractivity contribution >= 4 is 6.09 Å². The molecular formula is C14H16N2O4. The Labute approximate surface area is 116 Å². The topological polar surface area (TPSA) is 72.7 Å². The predicted molar refractivity (Wildman–Crippen MR) is 72.4 cm³/mol. The van der Waals surface area contributed by atoms with E-state index in [-0.39, 0.29) is 24.0 Å². The highest BCUT2D eigenvalue weighted by atomic mass is 16.6. The molecule has 0 fully saturated rings. The summed E-state index contributed by atoms with van der Waals surface area (Å²) in [6, 6.07) is 8.50. The average molecular weight is 276 g/mol. The Kier molecular flexibility index (Phi) is 4.34. The van der Waals surface area contributed by atoms with Crippen LogP contribution in [0.3, 0.4) is 0 Å². The molecule has 0 saturated carbocycles. The number of amides is 1. The number of benzene rings is 1. The van der Waals surface area contributed by atoms with E-state index in [1.165, 1.54) is 4.90 Å². The van der Waals surface area contributed by atoms with Crippen LogP contribution < -0.4 is 0 Å². The second kappa shape index (κ2) is 6.18. The van der Waals surface area contributed by atoms with Gasteiger partial charge in [0.15, 0.2) is 0 Å². The molecule has 1 aromatic carbocycles. The minimum atomic E-state index is -0.788. The fraction of sp³-hybridized carbons (Fsp3) is 0.357. The molecule has 0 N–H and O–H groups in total. The van der Waals surface area contributed by atoms with E-state index in [1.54, 1.807) is 19.2 Å². The van der Waals surface area contributed by atoms with E-state index in [4.69, 9.17) is 4.74 Å². The summed E-state index contributed by atoms with van der Waals surface area (Å²) in [7, 11) is 0. The molecule has 0 radical (unpaired) electrons. The van der Waals surface area contributed by atoms with E-state index in [9.17, 15) is 14.9 Å². The van der Waals surface area contributed by atoms with E-state index in [2.05, 4.69) is 0 Å². The van der Waals surface area contributed by atoms with Crippen molar-refractivity contribution < 1.29 is 14.5 Å². The van der Waals surface area contributed by atoms with Crippen molar-refractivity contribution in [2.24, 2.45) is 5.92 Å². The SMILES string of the molecule is C[C@@H]1C=CN(C(=O)OCc2ccccc2)C[C@@H]1[N+](=O)[O-]. The zero-order valence-electron chi connectivity index (χ0n) is 11.1. The van der Waals surface area contributed by atoms with Crippen LogP contribution >= 0.6 is 0 Å². The summed E-state index contributed by atoms with van der Waals surface area (Å²) in [5, 5.41) is 10.9. The fourth-order valence-electron chi connectivity index (χ4n) is 1.99. The summed E-state index contributed by atoms with van der Waals surface area (Å²) in [6.45, 7) is 1.96. The molecule has 6 nitrogen and oxygen atoms in total. The summed E-state index contributed by atoms with van der Waals surface area (Å²) in [5.74, 6) is -0.192. The maximum Gasteiger partial charge on any atom is 0.414 e. The third-order valence-corrected chi connectivity index (χ3v) is 3.27. The van der Waals surface area contributed by atoms with Crippen LogP contribution in [-0.2, 0) is 11.3 Å². The normalized spacial score (nSPS) is 21.6. The number of ether oxygens (including phenoxy) is 1. The third-order valence-electron chi connectivity index (χ3n) is 3.27. The van der Waals surface area contributed by atoms with Crippen LogP contribution in [0.25, 0.3) is 0 Å². The zero-order valence-corrected chi connectivity index (χ0v) is 11.1. The summed E-state index contributed by atoms with van der Waals surface area (Å²) in [6.07, 6.45) is 2.64. The molecule has 6 heteroatoms. The summed E-state index contributed by atoms with van der Waals surface area (Å²) in [4.78, 5) is 23.7. The van der Waals surface area contributed by atoms with Gasteiger partial charge in [0.25, 0.3) is 0 Å². The van der Waals surface area contributed by atoms with Crippen molar-refractivity contribution in [2.45, 2.75) is 19.6 Å². The summed E-state index contributed by atoms with van der Waals surface area (Å²) >= 11 is 0. The second-order valence-corrected chi connectivity index (χ2v) is 4.75. The largest absolute Gasteiger partial charge is 0.444 e. The standard InChI is InChI=1S/C14H16N2O4/c1-11-7-8-15(9-13(11)16(18)19)14(17)20-10-12-5-3-2-4-6-12/h2-8,11,13H,9-10H2,1H3/t11-,13+/m1/s1. The van der Waals surface area contributed by atoms with E-state index in [1.807, 2.05) is 30.3 Å². The van der Waals surface area contributed by atoms with Gasteiger partial charge in [-0.1, -0.05) is 43.3 Å². The van der Waals surface area contributed by atoms with Crippen LogP contribution in [0.1, 0.15) is 12.5 Å². The molecule has 2 rings (SSSR count). The van der Waals surface area contributed by atoms with E-state index >= 15 is 0 Å². The Morgan fingerprint density at radius 1 is 1.45 bits per heavy atom. The number of carbonyl (C=O) groups is 1. The first-order valence-electron chi connectivity index (χ1n) is 6.37. The quantitative estimate of drug-likeness (QED) is 0.628. The monoisotopic (exact) mass is 276 g/mol. The van der Waals surface area contributed by atoms with Crippen molar-refractivity contribution in [3.05, 3.63) is 58.3 Å². The third kappa shape index (κ3) is 3.34. The van der Waals surface area contributed by atoms with Gasteiger partial charge < -0.3 is 4.74 Å². The van der Waals surface area contributed by atoms with Gasteiger partial charge in [-0.25, -0.2) is 4.79 Å². The van der Waals surface area contributed by atoms with Gasteiger partial charge in [-0.15, -0.1) is 0 Å². The molecule has 0 unspecified atom stereocenters. The number of carbonyl (C=O) groups excluding carboxylic acids is 1. The van der Waals surface area contributed by atoms with Crippen LogP contribution in [0.4, 0.5) is 4.79 Å². The Morgan fingerprint density at radius 3 is 2.80 bits per heavy atom. The van der Waals surface area contributed by atoms with Gasteiger partial charge in [0.05, 0.1) is 6.54 Å². The van der Waals surface area contributed by atoms with Crippen molar-refractivity contribution in [3.8, 4) is 0 Å². The lowest BCUT2D eigenvalue weighted by molar-refractivity contribution is -0.529. The minimum absolute atomic E-state index is 0.0400. The van der Waals surface area contributed by atoms with E-state index in [0.29, 0.717) is 0 Å². The first kappa shape index (κ1) is 14.0. The molecule has 106 valence electrons. The summed E-state index contributed by atoms with van der Waals surface area (Å²) < 4.78 is 5.14. The smallest absolute Gasteiger partial charge is 0.414 e. The lowest BCUT2D eigenvalue weighted by atomic mass is 9.99. The Bertz CT molecular complexity index is 515. The summed E-state index contributed by atoms with van der Waals surface area (Å²) in [5.41, 5.74) is 0.876. The second-order valence-electron chi connectivity index (χ2n) is 4.75. The number of nitro groups is 1. The van der Waals surface area contributed by atoms with Crippen LogP contribution in [0.15, 0.2) is 42.6 Å². The van der Waals surface area contributed by atoms with Gasteiger partial charge in [-0.3, -0.25) is 15.0 Å². The van der Waals surface area contributed by atoms with Crippen molar-refractivity contribution in [1.82, 2.24) is 4.90 Å². The van der Waals surface area contributed by atoms with Gasteiger partial charge >= 0.3 is 6.09 Å². The van der Waals surface area contributed by atoms with Crippen LogP contribution in [0.2, 0.25) is 0 Å². The van der Waals surface area contributed by atoms with Crippen molar-refractivity contribution in [2.75, 3.05) is 6.54 Å². The highest BCUT2D eigenvalue weighted by molar-refractivity contribution is 5.69. The minimum Gasteiger partial charge on any atom is -0.444 e. The van der Waals surface area contributed by atoms with Crippen molar-refractivity contribution in [1.29, 1.82) is 0 Å². The number of hydrogen-bond acceptors (Lipinski definition) is 4. The van der Waals surface area contributed by atoms with E-state index in [0.717, 1.165) is 5.56 Å². The van der Waals surface area contributed by atoms with Gasteiger partial charge in [-0.05, 0) is 5.56 Å². The molecule has 0 aliphatic carbocycles.